The number of amides is 1. The number of ether oxygens (including phenoxy) is 1. The van der Waals surface area contributed by atoms with Gasteiger partial charge in [0.05, 0.1) is 12.6 Å². The van der Waals surface area contributed by atoms with Crippen molar-refractivity contribution in [3.63, 3.8) is 0 Å². The summed E-state index contributed by atoms with van der Waals surface area (Å²) < 4.78 is 4.97. The Morgan fingerprint density at radius 1 is 1.62 bits per heavy atom. The third-order valence-corrected chi connectivity index (χ3v) is 1.85. The first kappa shape index (κ1) is 12.3. The Bertz CT molecular complexity index is 152. The number of primary amides is 1. The maximum atomic E-state index is 10.6. The highest BCUT2D eigenvalue weighted by Crippen LogP contribution is 1.90. The maximum Gasteiger partial charge on any atom is 0.235 e. The van der Waals surface area contributed by atoms with Crippen LogP contribution in [0.2, 0.25) is 0 Å². The summed E-state index contributed by atoms with van der Waals surface area (Å²) in [4.78, 5) is 10.6. The standard InChI is InChI=1S/C8H19N3O2/c1-3-6(5-13-2)11-4-7(9)8(10)12/h6-7,11H,3-5,9H2,1-2H3,(H2,10,12). The van der Waals surface area contributed by atoms with Crippen molar-refractivity contribution >= 4 is 5.91 Å². The lowest BCUT2D eigenvalue weighted by Crippen LogP contribution is -2.47. The lowest BCUT2D eigenvalue weighted by Gasteiger charge is -2.17. The van der Waals surface area contributed by atoms with Gasteiger partial charge in [0.15, 0.2) is 0 Å². The van der Waals surface area contributed by atoms with E-state index in [-0.39, 0.29) is 6.04 Å². The van der Waals surface area contributed by atoms with E-state index in [4.69, 9.17) is 16.2 Å². The van der Waals surface area contributed by atoms with Crippen LogP contribution in [0.4, 0.5) is 0 Å². The van der Waals surface area contributed by atoms with Crippen molar-refractivity contribution in [2.75, 3.05) is 20.3 Å². The molecule has 0 saturated carbocycles. The quantitative estimate of drug-likeness (QED) is 0.470. The molecule has 0 spiro atoms. The molecule has 5 N–H and O–H groups in total. The number of nitrogens with two attached hydrogens (primary N) is 2. The highest BCUT2D eigenvalue weighted by Gasteiger charge is 2.11. The summed E-state index contributed by atoms with van der Waals surface area (Å²) in [6.07, 6.45) is 0.930. The predicted octanol–water partition coefficient (Wildman–Crippen LogP) is -1.19. The zero-order valence-electron chi connectivity index (χ0n) is 8.25. The molecule has 0 saturated heterocycles. The van der Waals surface area contributed by atoms with Crippen LogP contribution in [0.25, 0.3) is 0 Å². The van der Waals surface area contributed by atoms with Gasteiger partial charge in [-0.1, -0.05) is 6.92 Å². The number of rotatable bonds is 7. The van der Waals surface area contributed by atoms with Gasteiger partial charge in [0, 0.05) is 19.7 Å². The molecule has 0 aromatic carbocycles. The molecule has 0 heterocycles. The fourth-order valence-electron chi connectivity index (χ4n) is 0.917. The normalized spacial score (nSPS) is 15.3. The minimum absolute atomic E-state index is 0.232. The van der Waals surface area contributed by atoms with Crippen molar-refractivity contribution < 1.29 is 9.53 Å². The molecular weight excluding hydrogens is 170 g/mol. The van der Waals surface area contributed by atoms with Crippen molar-refractivity contribution in [1.29, 1.82) is 0 Å². The minimum Gasteiger partial charge on any atom is -0.383 e. The van der Waals surface area contributed by atoms with Crippen LogP contribution in [0.15, 0.2) is 0 Å². The molecule has 0 rings (SSSR count). The van der Waals surface area contributed by atoms with E-state index in [1.165, 1.54) is 0 Å². The number of carbonyl (C=O) groups is 1. The van der Waals surface area contributed by atoms with Crippen LogP contribution in [0.1, 0.15) is 13.3 Å². The van der Waals surface area contributed by atoms with Gasteiger partial charge in [-0.3, -0.25) is 4.79 Å². The van der Waals surface area contributed by atoms with Gasteiger partial charge >= 0.3 is 0 Å². The maximum absolute atomic E-state index is 10.6. The Morgan fingerprint density at radius 2 is 2.23 bits per heavy atom. The van der Waals surface area contributed by atoms with Crippen LogP contribution in [0.3, 0.4) is 0 Å². The van der Waals surface area contributed by atoms with E-state index in [2.05, 4.69) is 5.32 Å². The fraction of sp³-hybridized carbons (Fsp3) is 0.875. The Kier molecular flexibility index (Phi) is 6.48. The van der Waals surface area contributed by atoms with Crippen LogP contribution < -0.4 is 16.8 Å². The molecule has 2 unspecified atom stereocenters. The predicted molar refractivity (Wildman–Crippen MR) is 51.1 cm³/mol. The monoisotopic (exact) mass is 189 g/mol. The van der Waals surface area contributed by atoms with E-state index in [1.807, 2.05) is 6.92 Å². The number of carbonyl (C=O) groups excluding carboxylic acids is 1. The van der Waals surface area contributed by atoms with Gasteiger partial charge < -0.3 is 21.5 Å². The fourth-order valence-corrected chi connectivity index (χ4v) is 0.917. The molecule has 5 heteroatoms. The van der Waals surface area contributed by atoms with Crippen LogP contribution in [0, 0.1) is 0 Å². The summed E-state index contributed by atoms with van der Waals surface area (Å²) >= 11 is 0. The summed E-state index contributed by atoms with van der Waals surface area (Å²) in [5.74, 6) is -0.486. The largest absolute Gasteiger partial charge is 0.383 e. The van der Waals surface area contributed by atoms with Crippen molar-refractivity contribution in [3.8, 4) is 0 Å². The molecule has 0 fully saturated rings. The zero-order chi connectivity index (χ0) is 10.3. The average molecular weight is 189 g/mol. The van der Waals surface area contributed by atoms with Gasteiger partial charge in [-0.2, -0.15) is 0 Å². The van der Waals surface area contributed by atoms with E-state index in [0.717, 1.165) is 6.42 Å². The van der Waals surface area contributed by atoms with E-state index >= 15 is 0 Å². The molecule has 0 aromatic rings. The van der Waals surface area contributed by atoms with Crippen LogP contribution in [-0.2, 0) is 9.53 Å². The van der Waals surface area contributed by atoms with Gasteiger partial charge in [-0.05, 0) is 6.42 Å². The van der Waals surface area contributed by atoms with Gasteiger partial charge in [0.25, 0.3) is 0 Å². The first-order valence-electron chi connectivity index (χ1n) is 4.39. The second kappa shape index (κ2) is 6.82. The summed E-state index contributed by atoms with van der Waals surface area (Å²) in [5.41, 5.74) is 10.4. The molecule has 13 heavy (non-hydrogen) atoms. The molecule has 0 aliphatic carbocycles. The van der Waals surface area contributed by atoms with Crippen LogP contribution >= 0.6 is 0 Å². The summed E-state index contributed by atoms with van der Waals surface area (Å²) in [7, 11) is 1.64. The van der Waals surface area contributed by atoms with Crippen LogP contribution in [0.5, 0.6) is 0 Å². The van der Waals surface area contributed by atoms with Crippen LogP contribution in [-0.4, -0.2) is 38.3 Å². The van der Waals surface area contributed by atoms with E-state index in [9.17, 15) is 4.79 Å². The molecule has 0 aromatic heterocycles. The van der Waals surface area contributed by atoms with Crippen molar-refractivity contribution in [2.24, 2.45) is 11.5 Å². The summed E-state index contributed by atoms with van der Waals surface area (Å²) in [6, 6.07) is -0.388. The number of nitrogens with one attached hydrogen (secondary N) is 1. The second-order valence-electron chi connectivity index (χ2n) is 2.98. The number of hydrogen-bond acceptors (Lipinski definition) is 4. The topological polar surface area (TPSA) is 90.4 Å². The Balaban J connectivity index is 3.64. The summed E-state index contributed by atoms with van der Waals surface area (Å²) in [5, 5.41) is 3.10. The zero-order valence-corrected chi connectivity index (χ0v) is 8.25. The Labute approximate surface area is 78.8 Å². The average Bonchev–Trinajstić information content (AvgIpc) is 2.11. The van der Waals surface area contributed by atoms with Gasteiger partial charge in [-0.25, -0.2) is 0 Å². The van der Waals surface area contributed by atoms with E-state index < -0.39 is 11.9 Å². The highest BCUT2D eigenvalue weighted by molar-refractivity contribution is 5.79. The molecular formula is C8H19N3O2. The molecule has 5 nitrogen and oxygen atoms in total. The molecule has 0 aliphatic rings. The van der Waals surface area contributed by atoms with Crippen molar-refractivity contribution in [2.45, 2.75) is 25.4 Å². The van der Waals surface area contributed by atoms with E-state index in [0.29, 0.717) is 13.2 Å². The lowest BCUT2D eigenvalue weighted by atomic mass is 10.2. The van der Waals surface area contributed by atoms with Gasteiger partial charge in [-0.15, -0.1) is 0 Å². The molecule has 0 radical (unpaired) electrons. The minimum atomic E-state index is -0.620. The smallest absolute Gasteiger partial charge is 0.235 e. The van der Waals surface area contributed by atoms with Crippen molar-refractivity contribution in [1.82, 2.24) is 5.32 Å². The number of methoxy groups -OCH3 is 1. The molecule has 0 aliphatic heterocycles. The highest BCUT2D eigenvalue weighted by atomic mass is 16.5. The van der Waals surface area contributed by atoms with E-state index in [1.54, 1.807) is 7.11 Å². The lowest BCUT2D eigenvalue weighted by molar-refractivity contribution is -0.119. The Morgan fingerprint density at radius 3 is 2.62 bits per heavy atom. The van der Waals surface area contributed by atoms with Gasteiger partial charge in [0.2, 0.25) is 5.91 Å². The van der Waals surface area contributed by atoms with Crippen molar-refractivity contribution in [3.05, 3.63) is 0 Å². The molecule has 2 atom stereocenters. The number of hydrogen-bond donors (Lipinski definition) is 3. The molecule has 1 amide bonds. The Hall–Kier alpha value is -0.650. The third-order valence-electron chi connectivity index (χ3n) is 1.85. The molecule has 78 valence electrons. The SMILES string of the molecule is CCC(COC)NCC(N)C(N)=O. The van der Waals surface area contributed by atoms with Gasteiger partial charge in [0.1, 0.15) is 0 Å². The third kappa shape index (κ3) is 5.57. The second-order valence-corrected chi connectivity index (χ2v) is 2.98. The first-order valence-corrected chi connectivity index (χ1v) is 4.39. The first-order chi connectivity index (χ1) is 6.11. The molecule has 0 bridgehead atoms. The summed E-state index contributed by atoms with van der Waals surface area (Å²) in [6.45, 7) is 3.05.